The van der Waals surface area contributed by atoms with Gasteiger partial charge < -0.3 is 14.6 Å². The molecular weight excluding hydrogens is 468 g/mol. The number of rotatable bonds is 3. The van der Waals surface area contributed by atoms with Crippen LogP contribution >= 0.6 is 0 Å². The Morgan fingerprint density at radius 3 is 2.42 bits per heavy atom. The van der Waals surface area contributed by atoms with E-state index in [0.29, 0.717) is 31.0 Å². The molecule has 1 aliphatic heterocycles. The lowest BCUT2D eigenvalue weighted by Crippen LogP contribution is -2.66. The fourth-order valence-corrected chi connectivity index (χ4v) is 10.4. The zero-order valence-corrected chi connectivity index (χ0v) is 25.2. The topological polar surface area (TPSA) is 68.2 Å². The van der Waals surface area contributed by atoms with E-state index in [9.17, 15) is 10.2 Å². The van der Waals surface area contributed by atoms with Crippen LogP contribution in [0.5, 0.6) is 0 Å². The van der Waals surface area contributed by atoms with Gasteiger partial charge in [-0.3, -0.25) is 0 Å². The third-order valence-corrected chi connectivity index (χ3v) is 16.4. The highest BCUT2D eigenvalue weighted by molar-refractivity contribution is 6.74. The second-order valence-electron chi connectivity index (χ2n) is 15.9. The number of aliphatic hydroxyl groups is 2. The van der Waals surface area contributed by atoms with Crippen LogP contribution in [0.2, 0.25) is 18.1 Å². The van der Waals surface area contributed by atoms with Crippen LogP contribution in [-0.4, -0.2) is 49.1 Å². The van der Waals surface area contributed by atoms with Gasteiger partial charge >= 0.3 is 0 Å². The van der Waals surface area contributed by atoms with Gasteiger partial charge in [-0.15, -0.1) is 0 Å². The molecule has 1 spiro atoms. The van der Waals surface area contributed by atoms with Gasteiger partial charge in [-0.1, -0.05) is 53.2 Å². The zero-order chi connectivity index (χ0) is 26.4. The van der Waals surface area contributed by atoms with Gasteiger partial charge in [0.05, 0.1) is 24.9 Å². The van der Waals surface area contributed by atoms with E-state index in [1.165, 1.54) is 12.0 Å². The number of fused-ring (bicyclic) bond motifs is 5. The van der Waals surface area contributed by atoms with Crippen LogP contribution in [0.3, 0.4) is 0 Å². The lowest BCUT2D eigenvalue weighted by Gasteiger charge is -2.63. The van der Waals surface area contributed by atoms with E-state index in [-0.39, 0.29) is 22.5 Å². The van der Waals surface area contributed by atoms with Crippen molar-refractivity contribution in [2.24, 2.45) is 28.1 Å². The van der Waals surface area contributed by atoms with Crippen molar-refractivity contribution in [2.45, 2.75) is 135 Å². The molecule has 1 unspecified atom stereocenters. The molecule has 0 aromatic heterocycles. The minimum Gasteiger partial charge on any atom is -0.413 e. The Labute approximate surface area is 220 Å². The maximum absolute atomic E-state index is 12.3. The van der Waals surface area contributed by atoms with Crippen molar-refractivity contribution in [1.82, 2.24) is 0 Å². The van der Waals surface area contributed by atoms with Crippen LogP contribution in [0, 0.1) is 28.1 Å². The van der Waals surface area contributed by atoms with Gasteiger partial charge in [0, 0.05) is 11.8 Å². The molecular formula is C30H52O5Si. The van der Waals surface area contributed by atoms with Crippen LogP contribution in [0.15, 0.2) is 11.6 Å². The Kier molecular flexibility index (Phi) is 6.36. The fourth-order valence-electron chi connectivity index (χ4n) is 8.91. The third-order valence-electron chi connectivity index (χ3n) is 11.9. The van der Waals surface area contributed by atoms with Crippen molar-refractivity contribution in [3.63, 3.8) is 0 Å². The second-order valence-corrected chi connectivity index (χ2v) is 20.6. The SMILES string of the molecule is CC1(C)COOC2(CC[C@]3(CO)C4=CC[C@]5(C)[C@@H](O[Si](C)(C)C(C)(C)C)CC[C@H]5[C@@H]4CC[C@@]3(O)C2)C1. The van der Waals surface area contributed by atoms with Gasteiger partial charge in [0.1, 0.15) is 5.60 Å². The van der Waals surface area contributed by atoms with E-state index in [0.717, 1.165) is 44.9 Å². The molecule has 206 valence electrons. The average Bonchev–Trinajstić information content (AvgIpc) is 3.07. The van der Waals surface area contributed by atoms with Gasteiger partial charge in [0.2, 0.25) is 0 Å². The van der Waals surface area contributed by atoms with Crippen molar-refractivity contribution in [1.29, 1.82) is 0 Å². The minimum atomic E-state index is -1.86. The fraction of sp³-hybridized carbons (Fsp3) is 0.933. The van der Waals surface area contributed by atoms with Crippen molar-refractivity contribution in [2.75, 3.05) is 13.2 Å². The van der Waals surface area contributed by atoms with Gasteiger partial charge in [0.15, 0.2) is 8.32 Å². The summed E-state index contributed by atoms with van der Waals surface area (Å²) in [5.41, 5.74) is -0.467. The standard InChI is InChI=1S/C30H52O5Si/c1-25(2,3)36(7,8)34-24-10-9-22-21-11-14-30(32)18-28(17-26(4,5)20-33-35-28)15-16-29(30,19-31)23(21)12-13-27(22,24)6/h12,21-22,24,31-32H,9-11,13-20H2,1-8H3/t21-,22-,24-,27-,28?,29-,30+/m0/s1. The molecule has 0 bridgehead atoms. The maximum Gasteiger partial charge on any atom is 0.192 e. The minimum absolute atomic E-state index is 0.0134. The summed E-state index contributed by atoms with van der Waals surface area (Å²) in [5.74, 6) is 0.988. The first-order valence-corrected chi connectivity index (χ1v) is 17.5. The van der Waals surface area contributed by atoms with E-state index in [1.54, 1.807) is 0 Å². The van der Waals surface area contributed by atoms with Gasteiger partial charge in [-0.05, 0) is 92.2 Å². The molecule has 36 heavy (non-hydrogen) atoms. The van der Waals surface area contributed by atoms with Crippen LogP contribution in [0.25, 0.3) is 0 Å². The predicted molar refractivity (Wildman–Crippen MR) is 145 cm³/mol. The lowest BCUT2D eigenvalue weighted by molar-refractivity contribution is -0.422. The Morgan fingerprint density at radius 1 is 1.06 bits per heavy atom. The first-order valence-electron chi connectivity index (χ1n) is 14.5. The highest BCUT2D eigenvalue weighted by atomic mass is 28.4. The molecule has 5 rings (SSSR count). The van der Waals surface area contributed by atoms with Crippen LogP contribution in [0.1, 0.15) is 99.3 Å². The Morgan fingerprint density at radius 2 is 1.78 bits per heavy atom. The van der Waals surface area contributed by atoms with Gasteiger partial charge in [0.25, 0.3) is 0 Å². The van der Waals surface area contributed by atoms with Gasteiger partial charge in [-0.25, -0.2) is 9.78 Å². The Bertz CT molecular complexity index is 908. The number of aliphatic hydroxyl groups excluding tert-OH is 1. The zero-order valence-electron chi connectivity index (χ0n) is 24.2. The van der Waals surface area contributed by atoms with Gasteiger partial charge in [-0.2, -0.15) is 0 Å². The van der Waals surface area contributed by atoms with E-state index in [2.05, 4.69) is 60.7 Å². The van der Waals surface area contributed by atoms with E-state index in [1.807, 2.05) is 0 Å². The maximum atomic E-state index is 12.3. The largest absolute Gasteiger partial charge is 0.413 e. The summed E-state index contributed by atoms with van der Waals surface area (Å²) < 4.78 is 7.07. The molecule has 2 N–H and O–H groups in total. The Hall–Kier alpha value is -0.243. The molecule has 3 saturated carbocycles. The molecule has 7 atom stereocenters. The summed E-state index contributed by atoms with van der Waals surface area (Å²) in [6, 6.07) is 0. The van der Waals surface area contributed by atoms with Crippen LogP contribution in [0.4, 0.5) is 0 Å². The highest BCUT2D eigenvalue weighted by Crippen LogP contribution is 2.67. The first-order chi connectivity index (χ1) is 16.5. The van der Waals surface area contributed by atoms with Crippen molar-refractivity contribution >= 4 is 8.32 Å². The molecule has 4 fully saturated rings. The average molecular weight is 521 g/mol. The van der Waals surface area contributed by atoms with E-state index < -0.39 is 24.9 Å². The molecule has 0 aromatic carbocycles. The molecule has 6 heteroatoms. The third kappa shape index (κ3) is 3.95. The molecule has 0 radical (unpaired) electrons. The molecule has 4 aliphatic carbocycles. The van der Waals surface area contributed by atoms with Crippen LogP contribution in [-0.2, 0) is 14.2 Å². The van der Waals surface area contributed by atoms with Crippen molar-refractivity contribution in [3.8, 4) is 0 Å². The number of allylic oxidation sites excluding steroid dienone is 1. The van der Waals surface area contributed by atoms with E-state index in [4.69, 9.17) is 14.2 Å². The smallest absolute Gasteiger partial charge is 0.192 e. The van der Waals surface area contributed by atoms with Crippen molar-refractivity contribution in [3.05, 3.63) is 11.6 Å². The van der Waals surface area contributed by atoms with Crippen LogP contribution < -0.4 is 0 Å². The molecule has 1 saturated heterocycles. The summed E-state index contributed by atoms with van der Waals surface area (Å²) in [4.78, 5) is 11.6. The molecule has 1 heterocycles. The second kappa shape index (κ2) is 8.38. The molecule has 5 nitrogen and oxygen atoms in total. The normalized spacial score (nSPS) is 46.6. The summed E-state index contributed by atoms with van der Waals surface area (Å²) in [5, 5.41) is 23.5. The predicted octanol–water partition coefficient (Wildman–Crippen LogP) is 6.54. The number of hydrogen-bond donors (Lipinski definition) is 2. The first kappa shape index (κ1) is 27.3. The summed E-state index contributed by atoms with van der Waals surface area (Å²) in [6.07, 6.45) is 10.8. The lowest BCUT2D eigenvalue weighted by atomic mass is 9.45. The monoisotopic (exact) mass is 520 g/mol. The molecule has 0 amide bonds. The Balaban J connectivity index is 1.44. The molecule has 0 aromatic rings. The van der Waals surface area contributed by atoms with E-state index >= 15 is 0 Å². The summed E-state index contributed by atoms with van der Waals surface area (Å²) >= 11 is 0. The quantitative estimate of drug-likeness (QED) is 0.251. The molecule has 5 aliphatic rings. The highest BCUT2D eigenvalue weighted by Gasteiger charge is 2.67. The summed E-state index contributed by atoms with van der Waals surface area (Å²) in [7, 11) is -1.86. The van der Waals surface area contributed by atoms with Crippen molar-refractivity contribution < 1.29 is 24.4 Å². The number of hydrogen-bond acceptors (Lipinski definition) is 5. The summed E-state index contributed by atoms with van der Waals surface area (Å²) in [6.45, 7) is 19.3.